The summed E-state index contributed by atoms with van der Waals surface area (Å²) in [6, 6.07) is 17.5. The summed E-state index contributed by atoms with van der Waals surface area (Å²) in [4.78, 5) is 32.8. The van der Waals surface area contributed by atoms with E-state index in [2.05, 4.69) is 39.5 Å². The third kappa shape index (κ3) is 4.29. The zero-order chi connectivity index (χ0) is 19.5. The number of guanidine groups is 1. The Balaban J connectivity index is 0.00000240. The molecular weight excluding hydrogens is 479 g/mol. The lowest BCUT2D eigenvalue weighted by atomic mass is 9.99. The van der Waals surface area contributed by atoms with E-state index in [1.54, 1.807) is 31.3 Å². The van der Waals surface area contributed by atoms with E-state index in [0.29, 0.717) is 30.1 Å². The average Bonchev–Trinajstić information content (AvgIpc) is 3.32. The van der Waals surface area contributed by atoms with Gasteiger partial charge in [-0.05, 0) is 24.1 Å². The fraction of sp³-hybridized carbons (Fsp3) is 0.318. The lowest BCUT2D eigenvalue weighted by Gasteiger charge is -2.23. The first-order valence-electron chi connectivity index (χ1n) is 9.65. The van der Waals surface area contributed by atoms with Crippen LogP contribution in [-0.2, 0) is 0 Å². The molecule has 2 aromatic carbocycles. The minimum Gasteiger partial charge on any atom is -0.354 e. The highest BCUT2D eigenvalue weighted by Crippen LogP contribution is 2.27. The Kier molecular flexibility index (Phi) is 6.89. The molecule has 0 bridgehead atoms. The topological polar surface area (TPSA) is 65.0 Å². The molecule has 2 heterocycles. The van der Waals surface area contributed by atoms with Crippen molar-refractivity contribution in [2.75, 3.05) is 33.2 Å². The molecule has 29 heavy (non-hydrogen) atoms. The van der Waals surface area contributed by atoms with Crippen LogP contribution in [0.2, 0.25) is 0 Å². The number of amides is 2. The van der Waals surface area contributed by atoms with Crippen LogP contribution in [0, 0.1) is 0 Å². The number of benzene rings is 2. The first-order valence-corrected chi connectivity index (χ1v) is 9.65. The number of carbonyl (C=O) groups is 2. The summed E-state index contributed by atoms with van der Waals surface area (Å²) in [5.74, 6) is 0.872. The standard InChI is InChI=1S/C22H24N4O2.HI/c1-23-22(25-13-11-17(15-25)16-7-3-2-4-8-16)24-12-14-26-20(27)18-9-5-6-10-19(18)21(26)28;/h2-10,17H,11-15H2,1H3,(H,23,24);1H. The van der Waals surface area contributed by atoms with Gasteiger partial charge in [-0.1, -0.05) is 42.5 Å². The third-order valence-corrected chi connectivity index (χ3v) is 5.47. The van der Waals surface area contributed by atoms with Crippen molar-refractivity contribution in [2.45, 2.75) is 12.3 Å². The number of halogens is 1. The maximum absolute atomic E-state index is 12.4. The molecule has 1 unspecified atom stereocenters. The molecule has 1 atom stereocenters. The summed E-state index contributed by atoms with van der Waals surface area (Å²) in [7, 11) is 1.76. The quantitative estimate of drug-likeness (QED) is 0.301. The number of hydrogen-bond acceptors (Lipinski definition) is 3. The largest absolute Gasteiger partial charge is 0.354 e. The molecule has 152 valence electrons. The van der Waals surface area contributed by atoms with Crippen molar-refractivity contribution in [3.8, 4) is 0 Å². The van der Waals surface area contributed by atoms with E-state index < -0.39 is 0 Å². The molecule has 0 spiro atoms. The molecule has 6 nitrogen and oxygen atoms in total. The predicted molar refractivity (Wildman–Crippen MR) is 124 cm³/mol. The fourth-order valence-electron chi connectivity index (χ4n) is 4.00. The molecule has 2 aliphatic heterocycles. The molecule has 2 amide bonds. The maximum atomic E-state index is 12.4. The molecule has 2 aromatic rings. The van der Waals surface area contributed by atoms with Crippen LogP contribution in [0.15, 0.2) is 59.6 Å². The average molecular weight is 504 g/mol. The number of carbonyl (C=O) groups excluding carboxylic acids is 2. The molecule has 1 saturated heterocycles. The Morgan fingerprint density at radius 1 is 1.03 bits per heavy atom. The summed E-state index contributed by atoms with van der Waals surface area (Å²) >= 11 is 0. The van der Waals surface area contributed by atoms with Crippen LogP contribution in [0.25, 0.3) is 0 Å². The number of rotatable bonds is 4. The Morgan fingerprint density at radius 3 is 2.28 bits per heavy atom. The van der Waals surface area contributed by atoms with Gasteiger partial charge in [0.1, 0.15) is 0 Å². The second kappa shape index (κ2) is 9.39. The SMILES string of the molecule is CN=C(NCCN1C(=O)c2ccccc2C1=O)N1CCC(c2ccccc2)C1.I. The molecule has 2 aliphatic rings. The highest BCUT2D eigenvalue weighted by Gasteiger charge is 2.34. The van der Waals surface area contributed by atoms with Crippen LogP contribution in [0.5, 0.6) is 0 Å². The molecule has 1 N–H and O–H groups in total. The summed E-state index contributed by atoms with van der Waals surface area (Å²) in [6.07, 6.45) is 1.09. The van der Waals surface area contributed by atoms with Gasteiger partial charge in [0.15, 0.2) is 5.96 Å². The van der Waals surface area contributed by atoms with Gasteiger partial charge in [0.05, 0.1) is 11.1 Å². The van der Waals surface area contributed by atoms with Gasteiger partial charge in [-0.25, -0.2) is 0 Å². The number of imide groups is 1. The van der Waals surface area contributed by atoms with E-state index in [-0.39, 0.29) is 35.8 Å². The smallest absolute Gasteiger partial charge is 0.261 e. The summed E-state index contributed by atoms with van der Waals surface area (Å²) in [5.41, 5.74) is 2.33. The molecule has 1 fully saturated rings. The molecule has 0 saturated carbocycles. The highest BCUT2D eigenvalue weighted by atomic mass is 127. The van der Waals surface area contributed by atoms with E-state index in [9.17, 15) is 9.59 Å². The number of nitrogens with zero attached hydrogens (tertiary/aromatic N) is 3. The highest BCUT2D eigenvalue weighted by molar-refractivity contribution is 14.0. The summed E-state index contributed by atoms with van der Waals surface area (Å²) in [5, 5.41) is 3.31. The monoisotopic (exact) mass is 504 g/mol. The van der Waals surface area contributed by atoms with Crippen molar-refractivity contribution < 1.29 is 9.59 Å². The van der Waals surface area contributed by atoms with Crippen molar-refractivity contribution >= 4 is 41.8 Å². The molecule has 0 radical (unpaired) electrons. The van der Waals surface area contributed by atoms with Crippen LogP contribution in [0.1, 0.15) is 38.6 Å². The van der Waals surface area contributed by atoms with Crippen molar-refractivity contribution in [3.05, 3.63) is 71.3 Å². The Labute approximate surface area is 188 Å². The molecule has 4 rings (SSSR count). The van der Waals surface area contributed by atoms with Crippen molar-refractivity contribution in [1.82, 2.24) is 15.1 Å². The Hall–Kier alpha value is -2.42. The van der Waals surface area contributed by atoms with Gasteiger partial charge in [-0.2, -0.15) is 0 Å². The van der Waals surface area contributed by atoms with Crippen LogP contribution < -0.4 is 5.32 Å². The molecule has 0 aromatic heterocycles. The van der Waals surface area contributed by atoms with Crippen molar-refractivity contribution in [2.24, 2.45) is 4.99 Å². The number of nitrogens with one attached hydrogen (secondary N) is 1. The second-order valence-electron chi connectivity index (χ2n) is 7.12. The van der Waals surface area contributed by atoms with E-state index in [0.717, 1.165) is 25.5 Å². The first kappa shape index (κ1) is 21.3. The summed E-state index contributed by atoms with van der Waals surface area (Å²) in [6.45, 7) is 2.65. The van der Waals surface area contributed by atoms with Gasteiger partial charge in [-0.15, -0.1) is 24.0 Å². The van der Waals surface area contributed by atoms with Gasteiger partial charge in [-0.3, -0.25) is 19.5 Å². The van der Waals surface area contributed by atoms with Gasteiger partial charge < -0.3 is 10.2 Å². The number of fused-ring (bicyclic) bond motifs is 1. The lowest BCUT2D eigenvalue weighted by molar-refractivity contribution is 0.0657. The zero-order valence-electron chi connectivity index (χ0n) is 16.4. The lowest BCUT2D eigenvalue weighted by Crippen LogP contribution is -2.44. The Bertz CT molecular complexity index is 881. The van der Waals surface area contributed by atoms with E-state index in [1.165, 1.54) is 10.5 Å². The number of hydrogen-bond donors (Lipinski definition) is 1. The summed E-state index contributed by atoms with van der Waals surface area (Å²) < 4.78 is 0. The van der Waals surface area contributed by atoms with Crippen LogP contribution >= 0.6 is 24.0 Å². The van der Waals surface area contributed by atoms with Crippen LogP contribution in [0.4, 0.5) is 0 Å². The zero-order valence-corrected chi connectivity index (χ0v) is 18.7. The number of likely N-dealkylation sites (tertiary alicyclic amines) is 1. The minimum absolute atomic E-state index is 0. The number of aliphatic imine (C=N–C) groups is 1. The first-order chi connectivity index (χ1) is 13.7. The molecular formula is C22H25IN4O2. The second-order valence-corrected chi connectivity index (χ2v) is 7.12. The van der Waals surface area contributed by atoms with Crippen LogP contribution in [0.3, 0.4) is 0 Å². The predicted octanol–water partition coefficient (Wildman–Crippen LogP) is 2.97. The fourth-order valence-corrected chi connectivity index (χ4v) is 4.00. The van der Waals surface area contributed by atoms with Gasteiger partial charge >= 0.3 is 0 Å². The van der Waals surface area contributed by atoms with Crippen LogP contribution in [-0.4, -0.2) is 60.8 Å². The van der Waals surface area contributed by atoms with Gasteiger partial charge in [0, 0.05) is 39.1 Å². The van der Waals surface area contributed by atoms with Crippen molar-refractivity contribution in [1.29, 1.82) is 0 Å². The van der Waals surface area contributed by atoms with E-state index in [1.807, 2.05) is 6.07 Å². The van der Waals surface area contributed by atoms with Crippen molar-refractivity contribution in [3.63, 3.8) is 0 Å². The van der Waals surface area contributed by atoms with Gasteiger partial charge in [0.2, 0.25) is 0 Å². The molecule has 7 heteroatoms. The van der Waals surface area contributed by atoms with E-state index >= 15 is 0 Å². The maximum Gasteiger partial charge on any atom is 0.261 e. The Morgan fingerprint density at radius 2 is 1.66 bits per heavy atom. The molecule has 0 aliphatic carbocycles. The minimum atomic E-state index is -0.220. The third-order valence-electron chi connectivity index (χ3n) is 5.47. The van der Waals surface area contributed by atoms with Gasteiger partial charge in [0.25, 0.3) is 11.8 Å². The normalized spacial score (nSPS) is 18.7. The van der Waals surface area contributed by atoms with E-state index in [4.69, 9.17) is 0 Å².